The molecule has 1 aromatic rings. The molecule has 0 saturated heterocycles. The van der Waals surface area contributed by atoms with Crippen LogP contribution in [0.3, 0.4) is 0 Å². The molecule has 0 spiro atoms. The molecule has 12 heavy (non-hydrogen) atoms. The van der Waals surface area contributed by atoms with Crippen molar-refractivity contribution in [3.63, 3.8) is 0 Å². The Morgan fingerprint density at radius 3 is 2.75 bits per heavy atom. The first-order chi connectivity index (χ1) is 5.55. The maximum absolute atomic E-state index is 12.0. The van der Waals surface area contributed by atoms with Crippen molar-refractivity contribution in [2.45, 2.75) is 5.51 Å². The normalized spacial score (nSPS) is 12.4. The van der Waals surface area contributed by atoms with Crippen LogP contribution >= 0.6 is 10.5 Å². The summed E-state index contributed by atoms with van der Waals surface area (Å²) >= 11 is 0. The minimum atomic E-state index is -4.47. The lowest BCUT2D eigenvalue weighted by Gasteiger charge is -1.90. The van der Waals surface area contributed by atoms with E-state index in [-0.39, 0.29) is 0 Å². The molecular weight excluding hydrogens is 195 g/mol. The monoisotopic (exact) mass is 196 g/mol. The van der Waals surface area contributed by atoms with Gasteiger partial charge in [0.2, 0.25) is 6.08 Å². The molecule has 1 atom stereocenters. The van der Waals surface area contributed by atoms with Gasteiger partial charge in [-0.2, -0.15) is 0 Å². The highest BCUT2D eigenvalue weighted by Crippen LogP contribution is 2.46. The minimum Gasteiger partial charge on any atom is -0.211 e. The molecule has 0 aromatic carbocycles. The summed E-state index contributed by atoms with van der Waals surface area (Å²) in [5.74, 6) is 0. The Morgan fingerprint density at radius 1 is 1.58 bits per heavy atom. The number of carbonyl (C=O) groups excluding carboxylic acids is 1. The highest BCUT2D eigenvalue weighted by molar-refractivity contribution is 7.33. The maximum atomic E-state index is 12.0. The van der Waals surface area contributed by atoms with Crippen LogP contribution in [0.15, 0.2) is 10.5 Å². The van der Waals surface area contributed by atoms with Crippen molar-refractivity contribution in [2.24, 2.45) is 4.99 Å². The van der Waals surface area contributed by atoms with Gasteiger partial charge < -0.3 is 0 Å². The summed E-state index contributed by atoms with van der Waals surface area (Å²) in [7, 11) is -2.25. The van der Waals surface area contributed by atoms with Gasteiger partial charge >= 0.3 is 10.6 Å². The van der Waals surface area contributed by atoms with Gasteiger partial charge in [-0.05, 0) is 0 Å². The van der Waals surface area contributed by atoms with Gasteiger partial charge in [0.1, 0.15) is 0 Å². The fourth-order valence-electron chi connectivity index (χ4n) is 0.485. The third-order valence-electron chi connectivity index (χ3n) is 0.883. The second-order valence-corrected chi connectivity index (χ2v) is 3.30. The Kier molecular flexibility index (Phi) is 2.20. The van der Waals surface area contributed by atoms with Crippen molar-refractivity contribution < 1.29 is 18.0 Å². The Balaban J connectivity index is 3.16. The average molecular weight is 196 g/mol. The molecule has 0 aliphatic heterocycles. The van der Waals surface area contributed by atoms with Crippen LogP contribution in [-0.2, 0) is 10.3 Å². The zero-order valence-electron chi connectivity index (χ0n) is 5.37. The van der Waals surface area contributed by atoms with Crippen molar-refractivity contribution in [3.05, 3.63) is 5.51 Å². The van der Waals surface area contributed by atoms with Crippen LogP contribution in [-0.4, -0.2) is 16.3 Å². The van der Waals surface area contributed by atoms with Gasteiger partial charge in [0.15, 0.2) is 10.5 Å². The Hall–Kier alpha value is -1.27. The van der Waals surface area contributed by atoms with Crippen molar-refractivity contribution in [2.75, 3.05) is 0 Å². The van der Waals surface area contributed by atoms with Crippen LogP contribution in [0.2, 0.25) is 0 Å². The Bertz CT molecular complexity index is 327. The minimum absolute atomic E-state index is 0.607. The van der Waals surface area contributed by atoms with Gasteiger partial charge in [0, 0.05) is 0 Å². The number of rotatable bonds is 1. The Morgan fingerprint density at radius 2 is 2.25 bits per heavy atom. The lowest BCUT2D eigenvalue weighted by Crippen LogP contribution is -1.94. The number of nitrogens with zero attached hydrogens (tertiary/aromatic N) is 3. The third-order valence-corrected chi connectivity index (χ3v) is 2.25. The molecule has 0 radical (unpaired) electrons. The van der Waals surface area contributed by atoms with E-state index in [4.69, 9.17) is 0 Å². The van der Waals surface area contributed by atoms with Gasteiger partial charge in [-0.25, -0.2) is 4.79 Å². The smallest absolute Gasteiger partial charge is 0.211 e. The van der Waals surface area contributed by atoms with E-state index in [9.17, 15) is 18.0 Å². The van der Waals surface area contributed by atoms with Gasteiger partial charge in [-0.1, -0.05) is 15.2 Å². The molecule has 1 heterocycles. The van der Waals surface area contributed by atoms with Gasteiger partial charge in [0.05, 0.1) is 0 Å². The molecule has 1 unspecified atom stereocenters. The van der Waals surface area contributed by atoms with E-state index in [0.29, 0.717) is 5.51 Å². The van der Waals surface area contributed by atoms with Gasteiger partial charge in [-0.15, -0.1) is 13.2 Å². The fraction of sp³-hybridized carbons (Fsp3) is 0.250. The highest BCUT2D eigenvalue weighted by atomic mass is 32.2. The number of aliphatic imine (C=N–C) groups is 1. The number of alkyl halides is 3. The Labute approximate surface area is 66.7 Å². The van der Waals surface area contributed by atoms with Crippen molar-refractivity contribution in [3.8, 4) is 0 Å². The standard InChI is InChI=1S/C4HF3N3OS/c5-4(6,7)12-2-9-10-3(12)8-1-11/h2H/q+1. The molecule has 0 amide bonds. The molecule has 64 valence electrons. The van der Waals surface area contributed by atoms with E-state index < -0.39 is 21.1 Å². The number of aromatic nitrogens is 2. The predicted octanol–water partition coefficient (Wildman–Crippen LogP) is 1.67. The van der Waals surface area contributed by atoms with Crippen molar-refractivity contribution in [1.29, 1.82) is 0 Å². The average Bonchev–Trinajstić information content (AvgIpc) is 2.34. The fourth-order valence-corrected chi connectivity index (χ4v) is 1.32. The SMILES string of the molecule is O=C=Nc1nnc[s+]1C(F)(F)F. The first kappa shape index (κ1) is 8.82. The largest absolute Gasteiger partial charge is 0.605 e. The molecule has 0 bridgehead atoms. The van der Waals surface area contributed by atoms with Gasteiger partial charge in [0.25, 0.3) is 5.51 Å². The molecule has 8 heteroatoms. The zero-order chi connectivity index (χ0) is 9.19. The first-order valence-corrected chi connectivity index (χ1v) is 3.83. The van der Waals surface area contributed by atoms with Crippen LogP contribution in [0.1, 0.15) is 0 Å². The number of hydrogen-bond donors (Lipinski definition) is 0. The van der Waals surface area contributed by atoms with E-state index in [1.165, 1.54) is 0 Å². The third kappa shape index (κ3) is 1.66. The number of halogens is 3. The summed E-state index contributed by atoms with van der Waals surface area (Å²) in [5, 5.41) is 5.40. The second kappa shape index (κ2) is 3.00. The molecule has 0 fully saturated rings. The van der Waals surface area contributed by atoms with E-state index in [1.807, 2.05) is 0 Å². The van der Waals surface area contributed by atoms with Crippen LogP contribution in [0, 0.1) is 0 Å². The lowest BCUT2D eigenvalue weighted by atomic mass is 11.2. The molecule has 0 aliphatic carbocycles. The van der Waals surface area contributed by atoms with Gasteiger partial charge in [-0.3, -0.25) is 0 Å². The second-order valence-electron chi connectivity index (χ2n) is 1.59. The number of isocyanates is 1. The summed E-state index contributed by atoms with van der Waals surface area (Å²) in [6.07, 6.45) is 0.983. The van der Waals surface area contributed by atoms with E-state index in [1.54, 1.807) is 0 Å². The number of hydrogen-bond acceptors (Lipinski definition) is 4. The molecule has 0 saturated carbocycles. The summed E-state index contributed by atoms with van der Waals surface area (Å²) < 4.78 is 36.0. The molecule has 1 rings (SSSR count). The van der Waals surface area contributed by atoms with Crippen LogP contribution in [0.4, 0.5) is 18.3 Å². The van der Waals surface area contributed by atoms with Crippen LogP contribution in [0.5, 0.6) is 0 Å². The summed E-state index contributed by atoms with van der Waals surface area (Å²) in [6, 6.07) is 0. The molecule has 4 nitrogen and oxygen atoms in total. The zero-order valence-corrected chi connectivity index (χ0v) is 6.19. The van der Waals surface area contributed by atoms with E-state index in [2.05, 4.69) is 15.2 Å². The van der Waals surface area contributed by atoms with Crippen LogP contribution in [0.25, 0.3) is 0 Å². The highest BCUT2D eigenvalue weighted by Gasteiger charge is 2.47. The molecule has 0 aliphatic rings. The predicted molar refractivity (Wildman–Crippen MR) is 33.6 cm³/mol. The lowest BCUT2D eigenvalue weighted by molar-refractivity contribution is -0.0868. The quantitative estimate of drug-likeness (QED) is 0.390. The van der Waals surface area contributed by atoms with Crippen molar-refractivity contribution >= 4 is 21.7 Å². The topological polar surface area (TPSA) is 55.2 Å². The summed E-state index contributed by atoms with van der Waals surface area (Å²) in [4.78, 5) is 12.4. The van der Waals surface area contributed by atoms with E-state index >= 15 is 0 Å². The molecule has 0 N–H and O–H groups in total. The van der Waals surface area contributed by atoms with E-state index in [0.717, 1.165) is 6.08 Å². The first-order valence-electron chi connectivity index (χ1n) is 2.54. The summed E-state index contributed by atoms with van der Waals surface area (Å²) in [5.41, 5.74) is -3.87. The molecular formula is C4HF3N3OS+. The molecule has 1 aromatic heterocycles. The van der Waals surface area contributed by atoms with Crippen LogP contribution < -0.4 is 0 Å². The van der Waals surface area contributed by atoms with Crippen molar-refractivity contribution in [1.82, 2.24) is 10.2 Å². The summed E-state index contributed by atoms with van der Waals surface area (Å²) in [6.45, 7) is 0. The maximum Gasteiger partial charge on any atom is 0.605 e.